The predicted molar refractivity (Wildman–Crippen MR) is 121 cm³/mol. The summed E-state index contributed by atoms with van der Waals surface area (Å²) in [5.74, 6) is 1.90. The van der Waals surface area contributed by atoms with Gasteiger partial charge in [-0.2, -0.15) is 0 Å². The van der Waals surface area contributed by atoms with E-state index >= 15 is 0 Å². The van der Waals surface area contributed by atoms with Gasteiger partial charge in [0.05, 0.1) is 4.88 Å². The first-order chi connectivity index (χ1) is 13.2. The summed E-state index contributed by atoms with van der Waals surface area (Å²) in [6.07, 6.45) is 16.6. The number of thiophene rings is 2. The second-order valence-corrected chi connectivity index (χ2v) is 10.8. The Labute approximate surface area is 173 Å². The van der Waals surface area contributed by atoms with E-state index in [0.717, 1.165) is 17.2 Å². The molecular weight excluding hydrogens is 368 g/mol. The monoisotopic (exact) mass is 404 g/mol. The second-order valence-electron chi connectivity index (χ2n) is 8.53. The molecule has 2 atom stereocenters. The maximum absolute atomic E-state index is 12.9. The third-order valence-electron chi connectivity index (χ3n) is 6.14. The van der Waals surface area contributed by atoms with Gasteiger partial charge in [-0.05, 0) is 49.7 Å². The number of rotatable bonds is 11. The van der Waals surface area contributed by atoms with Gasteiger partial charge >= 0.3 is 0 Å². The quantitative estimate of drug-likeness (QED) is 0.270. The lowest BCUT2D eigenvalue weighted by Crippen LogP contribution is -2.18. The Balaban J connectivity index is 1.52. The molecule has 0 spiro atoms. The van der Waals surface area contributed by atoms with Crippen LogP contribution in [0.15, 0.2) is 12.1 Å². The van der Waals surface area contributed by atoms with Gasteiger partial charge in [-0.25, -0.2) is 0 Å². The molecule has 1 saturated carbocycles. The second kappa shape index (κ2) is 10.8. The molecule has 0 N–H and O–H groups in total. The lowest BCUT2D eigenvalue weighted by atomic mass is 9.77. The predicted octanol–water partition coefficient (Wildman–Crippen LogP) is 8.66. The molecule has 1 aliphatic carbocycles. The van der Waals surface area contributed by atoms with E-state index < -0.39 is 0 Å². The molecule has 0 aliphatic heterocycles. The van der Waals surface area contributed by atoms with E-state index in [0.29, 0.717) is 11.7 Å². The van der Waals surface area contributed by atoms with E-state index in [-0.39, 0.29) is 0 Å². The first kappa shape index (κ1) is 21.0. The third-order valence-corrected chi connectivity index (χ3v) is 8.54. The van der Waals surface area contributed by atoms with Crippen molar-refractivity contribution in [2.75, 3.05) is 0 Å². The summed E-state index contributed by atoms with van der Waals surface area (Å²) in [7, 11) is 0. The highest BCUT2D eigenvalue weighted by Gasteiger charge is 2.25. The van der Waals surface area contributed by atoms with Gasteiger partial charge in [-0.3, -0.25) is 4.79 Å². The summed E-state index contributed by atoms with van der Waals surface area (Å²) >= 11 is 3.63. The number of carbonyl (C=O) groups excluding carboxylic acids is 1. The molecule has 27 heavy (non-hydrogen) atoms. The minimum Gasteiger partial charge on any atom is -0.293 e. The maximum atomic E-state index is 12.9. The first-order valence-corrected chi connectivity index (χ1v) is 12.9. The Hall–Kier alpha value is -0.670. The van der Waals surface area contributed by atoms with E-state index in [1.54, 1.807) is 11.3 Å². The molecule has 1 fully saturated rings. The number of hydrogen-bond acceptors (Lipinski definition) is 3. The van der Waals surface area contributed by atoms with Crippen LogP contribution in [0, 0.1) is 11.8 Å². The van der Waals surface area contributed by atoms with E-state index in [2.05, 4.69) is 26.0 Å². The van der Waals surface area contributed by atoms with Crippen LogP contribution >= 0.6 is 22.7 Å². The van der Waals surface area contributed by atoms with Crippen molar-refractivity contribution in [2.45, 2.75) is 97.3 Å². The highest BCUT2D eigenvalue weighted by atomic mass is 32.1. The van der Waals surface area contributed by atoms with Crippen molar-refractivity contribution in [1.82, 2.24) is 0 Å². The molecule has 0 bridgehead atoms. The molecule has 0 unspecified atom stereocenters. The van der Waals surface area contributed by atoms with Crippen molar-refractivity contribution in [3.63, 3.8) is 0 Å². The maximum Gasteiger partial charge on any atom is 0.173 e. The van der Waals surface area contributed by atoms with E-state index in [1.165, 1.54) is 91.3 Å². The van der Waals surface area contributed by atoms with Crippen molar-refractivity contribution >= 4 is 37.9 Å². The average Bonchev–Trinajstić information content (AvgIpc) is 3.21. The Bertz CT molecular complexity index is 680. The smallest absolute Gasteiger partial charge is 0.173 e. The van der Waals surface area contributed by atoms with Crippen molar-refractivity contribution in [3.05, 3.63) is 21.9 Å². The van der Waals surface area contributed by atoms with Gasteiger partial charge in [0, 0.05) is 20.7 Å². The highest BCUT2D eigenvalue weighted by Crippen LogP contribution is 2.38. The minimum absolute atomic E-state index is 0.398. The summed E-state index contributed by atoms with van der Waals surface area (Å²) in [4.78, 5) is 15.4. The van der Waals surface area contributed by atoms with Crippen LogP contribution in [-0.2, 0) is 6.42 Å². The van der Waals surface area contributed by atoms with Crippen LogP contribution in [-0.4, -0.2) is 5.78 Å². The fourth-order valence-electron chi connectivity index (χ4n) is 4.59. The van der Waals surface area contributed by atoms with E-state index in [1.807, 2.05) is 11.3 Å². The lowest BCUT2D eigenvalue weighted by molar-refractivity contribution is 0.0942. The van der Waals surface area contributed by atoms with Crippen LogP contribution in [0.5, 0.6) is 0 Å². The molecule has 2 aromatic heterocycles. The highest BCUT2D eigenvalue weighted by molar-refractivity contribution is 7.28. The van der Waals surface area contributed by atoms with Gasteiger partial charge in [0.1, 0.15) is 0 Å². The molecule has 0 aromatic carbocycles. The fourth-order valence-corrected chi connectivity index (χ4v) is 7.00. The zero-order valence-electron chi connectivity index (χ0n) is 17.2. The Morgan fingerprint density at radius 3 is 2.48 bits per heavy atom. The minimum atomic E-state index is 0.398. The van der Waals surface area contributed by atoms with Crippen molar-refractivity contribution < 1.29 is 4.79 Å². The number of carbonyl (C=O) groups is 1. The zero-order valence-corrected chi connectivity index (χ0v) is 18.9. The normalized spacial score (nSPS) is 20.4. The van der Waals surface area contributed by atoms with Crippen LogP contribution in [0.3, 0.4) is 0 Å². The van der Waals surface area contributed by atoms with Crippen molar-refractivity contribution in [1.29, 1.82) is 0 Å². The molecule has 3 rings (SSSR count). The number of fused-ring (bicyclic) bond motifs is 1. The number of Topliss-reactive ketones (excluding diaryl/α,β-unsaturated/α-hetero) is 1. The molecule has 2 heterocycles. The summed E-state index contributed by atoms with van der Waals surface area (Å²) < 4.78 is 2.66. The van der Waals surface area contributed by atoms with Crippen LogP contribution < -0.4 is 0 Å². The van der Waals surface area contributed by atoms with Gasteiger partial charge in [0.2, 0.25) is 0 Å². The Kier molecular flexibility index (Phi) is 8.39. The van der Waals surface area contributed by atoms with Crippen LogP contribution in [0.2, 0.25) is 0 Å². The molecule has 150 valence electrons. The number of hydrogen-bond donors (Lipinski definition) is 0. The Morgan fingerprint density at radius 1 is 0.963 bits per heavy atom. The van der Waals surface area contributed by atoms with Crippen molar-refractivity contribution in [2.24, 2.45) is 11.8 Å². The van der Waals surface area contributed by atoms with Gasteiger partial charge in [0.25, 0.3) is 0 Å². The van der Waals surface area contributed by atoms with Gasteiger partial charge in [0.15, 0.2) is 5.78 Å². The Morgan fingerprint density at radius 2 is 1.70 bits per heavy atom. The molecule has 0 saturated heterocycles. The molecule has 2 aromatic rings. The number of aryl methyl sites for hydroxylation is 1. The molecule has 0 amide bonds. The van der Waals surface area contributed by atoms with Crippen molar-refractivity contribution in [3.8, 4) is 0 Å². The van der Waals surface area contributed by atoms with E-state index in [9.17, 15) is 4.79 Å². The topological polar surface area (TPSA) is 17.1 Å². The zero-order chi connectivity index (χ0) is 19.1. The summed E-state index contributed by atoms with van der Waals surface area (Å²) in [5, 5.41) is 0. The lowest BCUT2D eigenvalue weighted by Gasteiger charge is -2.28. The van der Waals surface area contributed by atoms with Crippen LogP contribution in [0.25, 0.3) is 9.40 Å². The summed E-state index contributed by atoms with van der Waals surface area (Å²) in [5.41, 5.74) is 0. The fraction of sp³-hybridized carbons (Fsp3) is 0.708. The average molecular weight is 405 g/mol. The van der Waals surface area contributed by atoms with Crippen LogP contribution in [0.4, 0.5) is 0 Å². The third kappa shape index (κ3) is 6.15. The molecule has 0 radical (unpaired) electrons. The summed E-state index contributed by atoms with van der Waals surface area (Å²) in [6.45, 7) is 4.53. The largest absolute Gasteiger partial charge is 0.293 e. The SMILES string of the molecule is CCCCCc1cc2sc(C(=O)C[C@H]3CCC[C@H](CCCCC)C3)cc2s1. The van der Waals surface area contributed by atoms with Gasteiger partial charge < -0.3 is 0 Å². The molecule has 1 aliphatic rings. The number of ketones is 1. The molecule has 3 heteroatoms. The molecule has 1 nitrogen and oxygen atoms in total. The first-order valence-electron chi connectivity index (χ1n) is 11.2. The van der Waals surface area contributed by atoms with Gasteiger partial charge in [-0.15, -0.1) is 22.7 Å². The number of unbranched alkanes of at least 4 members (excludes halogenated alkanes) is 4. The summed E-state index contributed by atoms with van der Waals surface area (Å²) in [6, 6.07) is 4.51. The van der Waals surface area contributed by atoms with E-state index in [4.69, 9.17) is 0 Å². The van der Waals surface area contributed by atoms with Gasteiger partial charge in [-0.1, -0.05) is 65.2 Å². The van der Waals surface area contributed by atoms with Crippen LogP contribution in [0.1, 0.15) is 105 Å². The standard InChI is InChI=1S/C24H36OS2/c1-3-5-7-10-18-11-9-12-19(14-18)15-21(25)22-17-24-23(27-22)16-20(26-24)13-8-6-4-2/h16-19H,3-15H2,1-2H3/t18-,19-/m0/s1. The molecular formula is C24H36OS2.